The average molecular weight is 552 g/mol. The Morgan fingerprint density at radius 2 is 1.83 bits per heavy atom. The molecule has 0 unspecified atom stereocenters. The summed E-state index contributed by atoms with van der Waals surface area (Å²) < 4.78 is 19.4. The normalized spacial score (nSPS) is 13.4. The van der Waals surface area contributed by atoms with Crippen LogP contribution in [0.1, 0.15) is 37.3 Å². The van der Waals surface area contributed by atoms with E-state index in [2.05, 4.69) is 38.1 Å². The van der Waals surface area contributed by atoms with Crippen LogP contribution in [0.2, 0.25) is 0 Å². The number of nitrogens with one attached hydrogen (secondary N) is 2. The molecule has 0 radical (unpaired) electrons. The maximum Gasteiger partial charge on any atom is 0.255 e. The maximum absolute atomic E-state index is 13.9. The fourth-order valence-electron chi connectivity index (χ4n) is 4.91. The zero-order valence-electron chi connectivity index (χ0n) is 23.2. The minimum Gasteiger partial charge on any atom is -0.436 e. The van der Waals surface area contributed by atoms with Gasteiger partial charge in [0.2, 0.25) is 5.88 Å². The monoisotopic (exact) mass is 551 g/mol. The number of para-hydroxylation sites is 1. The highest BCUT2D eigenvalue weighted by atomic mass is 19.1. The summed E-state index contributed by atoms with van der Waals surface area (Å²) >= 11 is 0. The van der Waals surface area contributed by atoms with Gasteiger partial charge in [-0.3, -0.25) is 14.7 Å². The molecule has 5 rings (SSSR count). The standard InChI is InChI=1S/C33H34FN5O2/c1-3-36-30-13-11-25(26-17-24(19-35-20-26)22-39-15-7-4-8-16-39)18-28(30)23(2)33(40)38-27-12-14-32(37-21-27)41-31-10-6-5-9-29(31)34/h5-6,9-14,17-21,36H,2-4,7-8,15-16,22H2,1H3,(H,38,40). The lowest BCUT2D eigenvalue weighted by molar-refractivity contribution is -0.111. The summed E-state index contributed by atoms with van der Waals surface area (Å²) in [5.74, 6) is -0.549. The highest BCUT2D eigenvalue weighted by Crippen LogP contribution is 2.31. The minimum atomic E-state index is -0.480. The third kappa shape index (κ3) is 7.15. The molecule has 210 valence electrons. The van der Waals surface area contributed by atoms with Crippen LogP contribution >= 0.6 is 0 Å². The number of halogens is 1. The molecule has 2 aromatic heterocycles. The lowest BCUT2D eigenvalue weighted by Gasteiger charge is -2.26. The number of carbonyl (C=O) groups is 1. The van der Waals surface area contributed by atoms with E-state index in [1.807, 2.05) is 37.5 Å². The fourth-order valence-corrected chi connectivity index (χ4v) is 4.91. The number of nitrogens with zero attached hydrogens (tertiary/aromatic N) is 3. The fraction of sp³-hybridized carbons (Fsp3) is 0.242. The van der Waals surface area contributed by atoms with Crippen molar-refractivity contribution in [3.63, 3.8) is 0 Å². The van der Waals surface area contributed by atoms with Crippen molar-refractivity contribution < 1.29 is 13.9 Å². The van der Waals surface area contributed by atoms with Gasteiger partial charge in [0.25, 0.3) is 5.91 Å². The first kappa shape index (κ1) is 28.0. The molecule has 1 amide bonds. The van der Waals surface area contributed by atoms with Gasteiger partial charge in [0.15, 0.2) is 11.6 Å². The van der Waals surface area contributed by atoms with Crippen molar-refractivity contribution in [2.24, 2.45) is 0 Å². The predicted molar refractivity (Wildman–Crippen MR) is 161 cm³/mol. The molecule has 8 heteroatoms. The second-order valence-corrected chi connectivity index (χ2v) is 10.1. The summed E-state index contributed by atoms with van der Waals surface area (Å²) in [6, 6.07) is 17.5. The molecule has 1 aliphatic rings. The molecule has 2 aromatic carbocycles. The van der Waals surface area contributed by atoms with Gasteiger partial charge in [-0.15, -0.1) is 0 Å². The van der Waals surface area contributed by atoms with Gasteiger partial charge in [0.05, 0.1) is 11.9 Å². The molecular formula is C33H34FN5O2. The van der Waals surface area contributed by atoms with E-state index in [0.717, 1.165) is 36.4 Å². The highest BCUT2D eigenvalue weighted by Gasteiger charge is 2.17. The van der Waals surface area contributed by atoms with E-state index in [9.17, 15) is 9.18 Å². The molecule has 1 fully saturated rings. The second-order valence-electron chi connectivity index (χ2n) is 10.1. The van der Waals surface area contributed by atoms with Crippen LogP contribution in [0.25, 0.3) is 16.7 Å². The van der Waals surface area contributed by atoms with Crippen LogP contribution in [0.4, 0.5) is 15.8 Å². The molecule has 0 saturated carbocycles. The smallest absolute Gasteiger partial charge is 0.255 e. The molecule has 0 spiro atoms. The van der Waals surface area contributed by atoms with E-state index in [0.29, 0.717) is 23.4 Å². The van der Waals surface area contributed by atoms with Gasteiger partial charge in [-0.2, -0.15) is 0 Å². The Morgan fingerprint density at radius 1 is 1.00 bits per heavy atom. The van der Waals surface area contributed by atoms with Gasteiger partial charge < -0.3 is 15.4 Å². The number of anilines is 2. The lowest BCUT2D eigenvalue weighted by Crippen LogP contribution is -2.29. The van der Waals surface area contributed by atoms with Crippen molar-refractivity contribution >= 4 is 22.9 Å². The number of amides is 1. The average Bonchev–Trinajstić information content (AvgIpc) is 3.00. The zero-order chi connectivity index (χ0) is 28.6. The number of piperidine rings is 1. The van der Waals surface area contributed by atoms with Crippen molar-refractivity contribution in [3.05, 3.63) is 103 Å². The number of carbonyl (C=O) groups excluding carboxylic acids is 1. The van der Waals surface area contributed by atoms with E-state index in [1.54, 1.807) is 24.3 Å². The van der Waals surface area contributed by atoms with Crippen LogP contribution in [0.5, 0.6) is 11.6 Å². The van der Waals surface area contributed by atoms with Gasteiger partial charge in [-0.1, -0.05) is 31.2 Å². The molecule has 1 saturated heterocycles. The Balaban J connectivity index is 1.31. The van der Waals surface area contributed by atoms with E-state index >= 15 is 0 Å². The summed E-state index contributed by atoms with van der Waals surface area (Å²) in [4.78, 5) is 24.4. The third-order valence-corrected chi connectivity index (χ3v) is 7.01. The molecule has 2 N–H and O–H groups in total. The van der Waals surface area contributed by atoms with Crippen LogP contribution in [0.15, 0.2) is 85.8 Å². The molecule has 4 aromatic rings. The molecule has 0 aliphatic carbocycles. The maximum atomic E-state index is 13.9. The highest BCUT2D eigenvalue weighted by molar-refractivity contribution is 6.25. The SMILES string of the molecule is C=C(C(=O)Nc1ccc(Oc2ccccc2F)nc1)c1cc(-c2cncc(CN3CCCCC3)c2)ccc1NCC. The number of likely N-dealkylation sites (tertiary alicyclic amines) is 1. The first-order valence-corrected chi connectivity index (χ1v) is 13.9. The van der Waals surface area contributed by atoms with Crippen LogP contribution in [0.3, 0.4) is 0 Å². The third-order valence-electron chi connectivity index (χ3n) is 7.01. The minimum absolute atomic E-state index is 0.0771. The molecule has 3 heterocycles. The summed E-state index contributed by atoms with van der Waals surface area (Å²) in [5.41, 5.74) is 5.43. The van der Waals surface area contributed by atoms with Gasteiger partial charge in [0.1, 0.15) is 0 Å². The number of benzene rings is 2. The van der Waals surface area contributed by atoms with Crippen molar-refractivity contribution in [3.8, 4) is 22.8 Å². The summed E-state index contributed by atoms with van der Waals surface area (Å²) in [7, 11) is 0. The van der Waals surface area contributed by atoms with Gasteiger partial charge >= 0.3 is 0 Å². The largest absolute Gasteiger partial charge is 0.436 e. The Labute approximate surface area is 240 Å². The number of aromatic nitrogens is 2. The van der Waals surface area contributed by atoms with Gasteiger partial charge in [-0.25, -0.2) is 9.37 Å². The summed E-state index contributed by atoms with van der Waals surface area (Å²) in [5, 5.41) is 6.18. The zero-order valence-corrected chi connectivity index (χ0v) is 23.2. The van der Waals surface area contributed by atoms with E-state index < -0.39 is 5.82 Å². The molecule has 1 aliphatic heterocycles. The lowest BCUT2D eigenvalue weighted by atomic mass is 9.97. The van der Waals surface area contributed by atoms with Crippen molar-refractivity contribution in [2.45, 2.75) is 32.7 Å². The molecule has 0 bridgehead atoms. The number of pyridine rings is 2. The van der Waals surface area contributed by atoms with Gasteiger partial charge in [0, 0.05) is 53.9 Å². The Bertz CT molecular complexity index is 1520. The quantitative estimate of drug-likeness (QED) is 0.204. The van der Waals surface area contributed by atoms with Gasteiger partial charge in [-0.05, 0) is 80.4 Å². The second kappa shape index (κ2) is 13.2. The van der Waals surface area contributed by atoms with Crippen LogP contribution in [-0.4, -0.2) is 40.4 Å². The molecule has 0 atom stereocenters. The predicted octanol–water partition coefficient (Wildman–Crippen LogP) is 7.14. The van der Waals surface area contributed by atoms with Crippen molar-refractivity contribution in [1.82, 2.24) is 14.9 Å². The van der Waals surface area contributed by atoms with Crippen LogP contribution in [-0.2, 0) is 11.3 Å². The number of hydrogen-bond acceptors (Lipinski definition) is 6. The van der Waals surface area contributed by atoms with Crippen molar-refractivity contribution in [1.29, 1.82) is 0 Å². The molecular weight excluding hydrogens is 517 g/mol. The Morgan fingerprint density at radius 3 is 2.59 bits per heavy atom. The Hall–Kier alpha value is -4.56. The summed E-state index contributed by atoms with van der Waals surface area (Å²) in [6.07, 6.45) is 9.04. The number of rotatable bonds is 10. The molecule has 7 nitrogen and oxygen atoms in total. The first-order valence-electron chi connectivity index (χ1n) is 13.9. The van der Waals surface area contributed by atoms with Crippen LogP contribution < -0.4 is 15.4 Å². The van der Waals surface area contributed by atoms with E-state index in [4.69, 9.17) is 4.74 Å². The van der Waals surface area contributed by atoms with Crippen molar-refractivity contribution in [2.75, 3.05) is 30.3 Å². The van der Waals surface area contributed by atoms with E-state index in [-0.39, 0.29) is 17.5 Å². The number of hydrogen-bond donors (Lipinski definition) is 2. The summed E-state index contributed by atoms with van der Waals surface area (Å²) in [6.45, 7) is 9.95. The van der Waals surface area contributed by atoms with Crippen LogP contribution in [0, 0.1) is 5.82 Å². The number of ether oxygens (including phenoxy) is 1. The Kier molecular flexibility index (Phi) is 9.01. The first-order chi connectivity index (χ1) is 20.0. The topological polar surface area (TPSA) is 79.4 Å². The van der Waals surface area contributed by atoms with E-state index in [1.165, 1.54) is 43.2 Å². The molecule has 41 heavy (non-hydrogen) atoms.